The van der Waals surface area contributed by atoms with Crippen LogP contribution in [-0.4, -0.2) is 14.5 Å². The first-order chi connectivity index (χ1) is 28.7. The van der Waals surface area contributed by atoms with Gasteiger partial charge in [-0.15, -0.1) is 0 Å². The number of para-hydroxylation sites is 3. The van der Waals surface area contributed by atoms with E-state index >= 15 is 0 Å². The third-order valence-electron chi connectivity index (χ3n) is 11.6. The maximum atomic E-state index is 6.13. The summed E-state index contributed by atoms with van der Waals surface area (Å²) >= 11 is 0. The van der Waals surface area contributed by atoms with Gasteiger partial charge in [-0.25, -0.2) is 9.97 Å². The maximum absolute atomic E-state index is 6.13. The summed E-state index contributed by atoms with van der Waals surface area (Å²) in [7, 11) is 0. The van der Waals surface area contributed by atoms with E-state index in [2.05, 4.69) is 187 Å². The molecular formula is C54H33N3O. The zero-order valence-corrected chi connectivity index (χ0v) is 31.3. The monoisotopic (exact) mass is 739 g/mol. The van der Waals surface area contributed by atoms with Gasteiger partial charge in [0.15, 0.2) is 0 Å². The standard InChI is InChI=1S/C54H33N3O/c1-2-14-35(15-3-1)51-46-22-6-8-25-48(46)55-54(56-51)57-52-41-20-5-4-13-34(41)27-29-45(52)44-24-12-23-42(53(44)57)40-19-11-18-38(32-40)36-16-10-17-37(31-36)39-28-30-50-47(33-39)43-21-7-9-26-49(43)58-50/h1-33H. The third kappa shape index (κ3) is 5.09. The van der Waals surface area contributed by atoms with Crippen molar-refractivity contribution >= 4 is 65.4 Å². The molecule has 0 saturated heterocycles. The lowest BCUT2D eigenvalue weighted by molar-refractivity contribution is 0.669. The number of fused-ring (bicyclic) bond motifs is 9. The molecule has 12 rings (SSSR count). The number of rotatable bonds is 5. The average molecular weight is 740 g/mol. The molecule has 0 unspecified atom stereocenters. The number of aromatic nitrogens is 3. The van der Waals surface area contributed by atoms with Gasteiger partial charge >= 0.3 is 0 Å². The number of benzene rings is 9. The van der Waals surface area contributed by atoms with E-state index in [4.69, 9.17) is 14.4 Å². The molecule has 0 N–H and O–H groups in total. The first-order valence-corrected chi connectivity index (χ1v) is 19.7. The lowest BCUT2D eigenvalue weighted by Gasteiger charge is -2.15. The Kier molecular flexibility index (Phi) is 7.20. The molecule has 4 heteroatoms. The Hall–Kier alpha value is -7.82. The van der Waals surface area contributed by atoms with Crippen molar-refractivity contribution in [3.05, 3.63) is 200 Å². The van der Waals surface area contributed by atoms with E-state index < -0.39 is 0 Å². The summed E-state index contributed by atoms with van der Waals surface area (Å²) < 4.78 is 8.44. The van der Waals surface area contributed by atoms with Crippen molar-refractivity contribution in [2.75, 3.05) is 0 Å². The van der Waals surface area contributed by atoms with Crippen LogP contribution in [0.1, 0.15) is 0 Å². The van der Waals surface area contributed by atoms with Crippen LogP contribution in [0.3, 0.4) is 0 Å². The summed E-state index contributed by atoms with van der Waals surface area (Å²) in [4.78, 5) is 10.8. The molecule has 270 valence electrons. The summed E-state index contributed by atoms with van der Waals surface area (Å²) in [5.41, 5.74) is 13.7. The van der Waals surface area contributed by atoms with Crippen LogP contribution in [0.15, 0.2) is 205 Å². The molecular weight excluding hydrogens is 707 g/mol. The highest BCUT2D eigenvalue weighted by molar-refractivity contribution is 6.21. The highest BCUT2D eigenvalue weighted by Gasteiger charge is 2.22. The van der Waals surface area contributed by atoms with E-state index in [1.807, 2.05) is 18.2 Å². The third-order valence-corrected chi connectivity index (χ3v) is 11.6. The lowest BCUT2D eigenvalue weighted by Crippen LogP contribution is -2.04. The van der Waals surface area contributed by atoms with Crippen LogP contribution >= 0.6 is 0 Å². The normalized spacial score (nSPS) is 11.8. The molecule has 3 heterocycles. The number of hydrogen-bond donors (Lipinski definition) is 0. The van der Waals surface area contributed by atoms with E-state index in [1.54, 1.807) is 0 Å². The molecule has 58 heavy (non-hydrogen) atoms. The average Bonchev–Trinajstić information content (AvgIpc) is 3.85. The predicted molar refractivity (Wildman–Crippen MR) is 240 cm³/mol. The quantitative estimate of drug-likeness (QED) is 0.177. The van der Waals surface area contributed by atoms with E-state index in [9.17, 15) is 0 Å². The SMILES string of the molecule is c1ccc(-c2nc(-n3c4c(-c5cccc(-c6cccc(-c7ccc8oc9ccccc9c8c7)c6)c5)cccc4c4ccc5ccccc5c43)nc3ccccc23)cc1. The second-order valence-corrected chi connectivity index (χ2v) is 14.9. The zero-order chi connectivity index (χ0) is 38.2. The second kappa shape index (κ2) is 12.9. The zero-order valence-electron chi connectivity index (χ0n) is 31.3. The molecule has 0 bridgehead atoms. The van der Waals surface area contributed by atoms with Crippen molar-refractivity contribution in [1.82, 2.24) is 14.5 Å². The molecule has 0 radical (unpaired) electrons. The molecule has 4 nitrogen and oxygen atoms in total. The van der Waals surface area contributed by atoms with Crippen LogP contribution in [0.5, 0.6) is 0 Å². The molecule has 0 spiro atoms. The van der Waals surface area contributed by atoms with Gasteiger partial charge in [0.1, 0.15) is 11.2 Å². The van der Waals surface area contributed by atoms with Gasteiger partial charge in [0.05, 0.1) is 22.2 Å². The van der Waals surface area contributed by atoms with E-state index in [1.165, 1.54) is 10.8 Å². The Balaban J connectivity index is 1.07. The van der Waals surface area contributed by atoms with Crippen LogP contribution in [0, 0.1) is 0 Å². The molecule has 12 aromatic rings. The fraction of sp³-hybridized carbons (Fsp3) is 0. The predicted octanol–water partition coefficient (Wildman–Crippen LogP) is 14.4. The van der Waals surface area contributed by atoms with Gasteiger partial charge in [-0.3, -0.25) is 4.57 Å². The Morgan fingerprint density at radius 3 is 1.79 bits per heavy atom. The molecule has 0 aliphatic rings. The molecule has 0 saturated carbocycles. The Bertz CT molecular complexity index is 3580. The van der Waals surface area contributed by atoms with Gasteiger partial charge in [0.25, 0.3) is 0 Å². The van der Waals surface area contributed by atoms with E-state index in [0.717, 1.165) is 99.3 Å². The highest BCUT2D eigenvalue weighted by Crippen LogP contribution is 2.42. The fourth-order valence-electron chi connectivity index (χ4n) is 8.89. The minimum absolute atomic E-state index is 0.646. The van der Waals surface area contributed by atoms with E-state index in [-0.39, 0.29) is 0 Å². The highest BCUT2D eigenvalue weighted by atomic mass is 16.3. The van der Waals surface area contributed by atoms with Crippen molar-refractivity contribution in [3.8, 4) is 50.6 Å². The first-order valence-electron chi connectivity index (χ1n) is 19.7. The van der Waals surface area contributed by atoms with Crippen molar-refractivity contribution in [3.63, 3.8) is 0 Å². The number of nitrogens with zero attached hydrogens (tertiary/aromatic N) is 3. The van der Waals surface area contributed by atoms with Crippen molar-refractivity contribution in [2.45, 2.75) is 0 Å². The summed E-state index contributed by atoms with van der Waals surface area (Å²) in [5.74, 6) is 0.646. The Morgan fingerprint density at radius 1 is 0.345 bits per heavy atom. The number of furan rings is 1. The minimum atomic E-state index is 0.646. The maximum Gasteiger partial charge on any atom is 0.235 e. The molecule has 0 aliphatic heterocycles. The first kappa shape index (κ1) is 32.4. The van der Waals surface area contributed by atoms with Gasteiger partial charge in [-0.1, -0.05) is 164 Å². The van der Waals surface area contributed by atoms with Crippen LogP contribution in [0.2, 0.25) is 0 Å². The second-order valence-electron chi connectivity index (χ2n) is 14.9. The van der Waals surface area contributed by atoms with Crippen molar-refractivity contribution < 1.29 is 4.42 Å². The van der Waals surface area contributed by atoms with Crippen LogP contribution in [-0.2, 0) is 0 Å². The van der Waals surface area contributed by atoms with E-state index in [0.29, 0.717) is 5.95 Å². The summed E-state index contributed by atoms with van der Waals surface area (Å²) in [6.07, 6.45) is 0. The Labute approximate surface area is 333 Å². The largest absolute Gasteiger partial charge is 0.456 e. The van der Waals surface area contributed by atoms with Crippen molar-refractivity contribution in [2.24, 2.45) is 0 Å². The topological polar surface area (TPSA) is 43.9 Å². The number of hydrogen-bond acceptors (Lipinski definition) is 3. The molecule has 0 aliphatic carbocycles. The van der Waals surface area contributed by atoms with Crippen LogP contribution < -0.4 is 0 Å². The minimum Gasteiger partial charge on any atom is -0.456 e. The van der Waals surface area contributed by atoms with Gasteiger partial charge in [-0.05, 0) is 69.6 Å². The van der Waals surface area contributed by atoms with Gasteiger partial charge in [0, 0.05) is 43.4 Å². The molecule has 3 aromatic heterocycles. The molecule has 0 atom stereocenters. The molecule has 0 fully saturated rings. The molecule has 0 amide bonds. The smallest absolute Gasteiger partial charge is 0.235 e. The fourth-order valence-corrected chi connectivity index (χ4v) is 8.89. The van der Waals surface area contributed by atoms with Crippen LogP contribution in [0.4, 0.5) is 0 Å². The lowest BCUT2D eigenvalue weighted by atomic mass is 9.95. The Morgan fingerprint density at radius 2 is 0.948 bits per heavy atom. The van der Waals surface area contributed by atoms with Gasteiger partial charge in [-0.2, -0.15) is 0 Å². The van der Waals surface area contributed by atoms with Gasteiger partial charge in [0.2, 0.25) is 5.95 Å². The summed E-state index contributed by atoms with van der Waals surface area (Å²) in [6.45, 7) is 0. The van der Waals surface area contributed by atoms with Gasteiger partial charge < -0.3 is 4.42 Å². The van der Waals surface area contributed by atoms with Crippen LogP contribution in [0.25, 0.3) is 116 Å². The summed E-state index contributed by atoms with van der Waals surface area (Å²) in [6, 6.07) is 71.0. The van der Waals surface area contributed by atoms with Crippen molar-refractivity contribution in [1.29, 1.82) is 0 Å². The summed E-state index contributed by atoms with van der Waals surface area (Å²) in [5, 5.41) is 7.94. The molecule has 9 aromatic carbocycles.